The fourth-order valence-corrected chi connectivity index (χ4v) is 7.74. The molecule has 0 radical (unpaired) electrons. The van der Waals surface area contributed by atoms with Gasteiger partial charge in [0.15, 0.2) is 0 Å². The third-order valence-electron chi connectivity index (χ3n) is 9.16. The molecule has 1 amide bonds. The van der Waals surface area contributed by atoms with E-state index in [1.807, 2.05) is 6.92 Å². The van der Waals surface area contributed by atoms with E-state index in [-0.39, 0.29) is 22.7 Å². The SMILES string of the molecule is CC(C(=O)O)[C@H]1CC[C@H]2[C@@H]3CCC4NC(=O)CC[C@]4(C)[C@H]3CC[C@]12C. The average molecular weight is 347 g/mol. The van der Waals surface area contributed by atoms with Crippen molar-refractivity contribution in [2.24, 2.45) is 40.4 Å². The Balaban J connectivity index is 1.60. The van der Waals surface area contributed by atoms with Gasteiger partial charge in [-0.2, -0.15) is 0 Å². The Morgan fingerprint density at radius 1 is 1.08 bits per heavy atom. The highest BCUT2D eigenvalue weighted by molar-refractivity contribution is 5.77. The molecule has 8 atom stereocenters. The van der Waals surface area contributed by atoms with Gasteiger partial charge in [-0.1, -0.05) is 20.8 Å². The van der Waals surface area contributed by atoms with Crippen LogP contribution in [0.4, 0.5) is 0 Å². The van der Waals surface area contributed by atoms with Crippen molar-refractivity contribution >= 4 is 11.9 Å². The second kappa shape index (κ2) is 5.72. The molecule has 25 heavy (non-hydrogen) atoms. The van der Waals surface area contributed by atoms with Crippen LogP contribution in [0.3, 0.4) is 0 Å². The van der Waals surface area contributed by atoms with Crippen LogP contribution in [0.25, 0.3) is 0 Å². The molecule has 2 unspecified atom stereocenters. The number of aliphatic carboxylic acids is 1. The van der Waals surface area contributed by atoms with Crippen molar-refractivity contribution in [2.75, 3.05) is 0 Å². The molecule has 0 spiro atoms. The predicted molar refractivity (Wildman–Crippen MR) is 95.8 cm³/mol. The van der Waals surface area contributed by atoms with Gasteiger partial charge in [-0.25, -0.2) is 0 Å². The first-order valence-corrected chi connectivity index (χ1v) is 10.3. The van der Waals surface area contributed by atoms with E-state index in [1.54, 1.807) is 0 Å². The lowest BCUT2D eigenvalue weighted by molar-refractivity contribution is -0.148. The van der Waals surface area contributed by atoms with Crippen LogP contribution in [0.15, 0.2) is 0 Å². The molecular weight excluding hydrogens is 314 g/mol. The summed E-state index contributed by atoms with van der Waals surface area (Å²) in [4.78, 5) is 23.5. The highest BCUT2D eigenvalue weighted by Crippen LogP contribution is 2.66. The Bertz CT molecular complexity index is 590. The van der Waals surface area contributed by atoms with Gasteiger partial charge in [-0.3, -0.25) is 9.59 Å². The largest absolute Gasteiger partial charge is 0.481 e. The van der Waals surface area contributed by atoms with Gasteiger partial charge in [0.2, 0.25) is 5.91 Å². The molecule has 0 aromatic rings. The van der Waals surface area contributed by atoms with E-state index in [2.05, 4.69) is 19.2 Å². The molecule has 4 nitrogen and oxygen atoms in total. The Morgan fingerprint density at radius 3 is 2.52 bits per heavy atom. The summed E-state index contributed by atoms with van der Waals surface area (Å²) in [5, 5.41) is 12.8. The number of carbonyl (C=O) groups excluding carboxylic acids is 1. The van der Waals surface area contributed by atoms with Crippen molar-refractivity contribution in [3.8, 4) is 0 Å². The molecule has 4 fully saturated rings. The molecule has 140 valence electrons. The summed E-state index contributed by atoms with van der Waals surface area (Å²) < 4.78 is 0. The van der Waals surface area contributed by atoms with Crippen molar-refractivity contribution in [1.29, 1.82) is 0 Å². The Morgan fingerprint density at radius 2 is 1.80 bits per heavy atom. The van der Waals surface area contributed by atoms with E-state index < -0.39 is 5.97 Å². The van der Waals surface area contributed by atoms with Crippen LogP contribution in [0.1, 0.15) is 72.1 Å². The van der Waals surface area contributed by atoms with Crippen LogP contribution >= 0.6 is 0 Å². The molecule has 4 aliphatic rings. The van der Waals surface area contributed by atoms with Crippen molar-refractivity contribution in [2.45, 2.75) is 78.2 Å². The number of carboxylic acids is 1. The van der Waals surface area contributed by atoms with Crippen molar-refractivity contribution in [3.63, 3.8) is 0 Å². The van der Waals surface area contributed by atoms with Crippen LogP contribution in [-0.2, 0) is 9.59 Å². The zero-order valence-electron chi connectivity index (χ0n) is 15.9. The van der Waals surface area contributed by atoms with Gasteiger partial charge in [0.05, 0.1) is 5.92 Å². The summed E-state index contributed by atoms with van der Waals surface area (Å²) in [6.45, 7) is 6.73. The fraction of sp³-hybridized carbons (Fsp3) is 0.905. The minimum Gasteiger partial charge on any atom is -0.481 e. The first-order chi connectivity index (χ1) is 11.8. The molecule has 3 saturated carbocycles. The van der Waals surface area contributed by atoms with E-state index in [0.717, 1.165) is 31.6 Å². The first-order valence-electron chi connectivity index (χ1n) is 10.3. The maximum Gasteiger partial charge on any atom is 0.306 e. The number of rotatable bonds is 2. The smallest absolute Gasteiger partial charge is 0.306 e. The minimum absolute atomic E-state index is 0.195. The molecule has 0 bridgehead atoms. The lowest BCUT2D eigenvalue weighted by atomic mass is 9.46. The summed E-state index contributed by atoms with van der Waals surface area (Å²) >= 11 is 0. The normalized spacial score (nSPS) is 50.2. The first kappa shape index (κ1) is 17.4. The Labute approximate surface area is 151 Å². The molecule has 1 heterocycles. The number of fused-ring (bicyclic) bond motifs is 5. The summed E-state index contributed by atoms with van der Waals surface area (Å²) in [6, 6.07) is 0.356. The lowest BCUT2D eigenvalue weighted by Gasteiger charge is -2.60. The van der Waals surface area contributed by atoms with E-state index in [9.17, 15) is 14.7 Å². The number of carbonyl (C=O) groups is 2. The monoisotopic (exact) mass is 347 g/mol. The molecule has 1 saturated heterocycles. The van der Waals surface area contributed by atoms with Gasteiger partial charge in [0, 0.05) is 12.5 Å². The summed E-state index contributed by atoms with van der Waals surface area (Å²) in [6.07, 6.45) is 8.68. The maximum absolute atomic E-state index is 11.9. The van der Waals surface area contributed by atoms with Crippen LogP contribution in [0, 0.1) is 40.4 Å². The molecule has 1 aliphatic heterocycles. The van der Waals surface area contributed by atoms with Crippen LogP contribution < -0.4 is 5.32 Å². The molecular formula is C21H33NO3. The van der Waals surface area contributed by atoms with E-state index in [4.69, 9.17) is 0 Å². The van der Waals surface area contributed by atoms with Gasteiger partial charge >= 0.3 is 5.97 Å². The number of piperidine rings is 1. The van der Waals surface area contributed by atoms with Crippen LogP contribution in [0.2, 0.25) is 0 Å². The number of hydrogen-bond donors (Lipinski definition) is 2. The second-order valence-corrected chi connectivity index (χ2v) is 9.94. The van der Waals surface area contributed by atoms with Crippen LogP contribution in [-0.4, -0.2) is 23.0 Å². The second-order valence-electron chi connectivity index (χ2n) is 9.94. The molecule has 4 rings (SSSR count). The van der Waals surface area contributed by atoms with Gasteiger partial charge in [-0.15, -0.1) is 0 Å². The van der Waals surface area contributed by atoms with Crippen LogP contribution in [0.5, 0.6) is 0 Å². The predicted octanol–water partition coefficient (Wildman–Crippen LogP) is 3.84. The van der Waals surface area contributed by atoms with E-state index in [1.165, 1.54) is 19.3 Å². The zero-order chi connectivity index (χ0) is 18.0. The number of nitrogens with one attached hydrogen (secondary N) is 1. The molecule has 4 heteroatoms. The van der Waals surface area contributed by atoms with Gasteiger partial charge in [0.1, 0.15) is 0 Å². The standard InChI is InChI=1S/C21H33NO3/c1-12(19(24)25)14-5-6-15-13-4-7-17-21(3,11-9-18(23)22-17)16(13)8-10-20(14,15)2/h12-17H,4-11H2,1-3H3,(H,22,23)(H,24,25)/t12?,13-,14+,15-,16-,17?,20+,21+/m0/s1. The summed E-state index contributed by atoms with van der Waals surface area (Å²) in [5.74, 6) is 1.80. The maximum atomic E-state index is 11.9. The number of amides is 1. The number of hydrogen-bond acceptors (Lipinski definition) is 2. The highest BCUT2D eigenvalue weighted by atomic mass is 16.4. The zero-order valence-corrected chi connectivity index (χ0v) is 15.9. The Hall–Kier alpha value is -1.06. The number of carboxylic acid groups (broad SMARTS) is 1. The third-order valence-corrected chi connectivity index (χ3v) is 9.16. The molecule has 2 N–H and O–H groups in total. The topological polar surface area (TPSA) is 66.4 Å². The van der Waals surface area contributed by atoms with Gasteiger partial charge in [0.25, 0.3) is 0 Å². The fourth-order valence-electron chi connectivity index (χ4n) is 7.74. The molecule has 0 aromatic carbocycles. The van der Waals surface area contributed by atoms with E-state index in [0.29, 0.717) is 30.2 Å². The lowest BCUT2D eigenvalue weighted by Crippen LogP contribution is -2.61. The van der Waals surface area contributed by atoms with Crippen molar-refractivity contribution in [3.05, 3.63) is 0 Å². The van der Waals surface area contributed by atoms with E-state index >= 15 is 0 Å². The van der Waals surface area contributed by atoms with Crippen molar-refractivity contribution < 1.29 is 14.7 Å². The summed E-state index contributed by atoms with van der Waals surface area (Å²) in [5.41, 5.74) is 0.439. The summed E-state index contributed by atoms with van der Waals surface area (Å²) in [7, 11) is 0. The van der Waals surface area contributed by atoms with Crippen molar-refractivity contribution in [1.82, 2.24) is 5.32 Å². The molecule has 3 aliphatic carbocycles. The highest BCUT2D eigenvalue weighted by Gasteiger charge is 2.61. The Kier molecular flexibility index (Phi) is 3.97. The third kappa shape index (κ3) is 2.39. The molecule has 0 aromatic heterocycles. The van der Waals surface area contributed by atoms with Gasteiger partial charge in [-0.05, 0) is 79.4 Å². The van der Waals surface area contributed by atoms with Gasteiger partial charge < -0.3 is 10.4 Å². The minimum atomic E-state index is -0.625. The quantitative estimate of drug-likeness (QED) is 0.797. The average Bonchev–Trinajstić information content (AvgIpc) is 2.92.